The molecule has 1 aliphatic heterocycles. The van der Waals surface area contributed by atoms with Gasteiger partial charge in [0.15, 0.2) is 0 Å². The van der Waals surface area contributed by atoms with Crippen LogP contribution in [0.4, 0.5) is 0 Å². The molecule has 4 N–H and O–H groups in total. The molecule has 1 heterocycles. The Morgan fingerprint density at radius 2 is 2.57 bits per heavy atom. The van der Waals surface area contributed by atoms with Gasteiger partial charge in [-0.2, -0.15) is 0 Å². The highest BCUT2D eigenvalue weighted by molar-refractivity contribution is 5.78. The van der Waals surface area contributed by atoms with Gasteiger partial charge in [0.25, 0.3) is 0 Å². The third-order valence-electron chi connectivity index (χ3n) is 2.00. The fourth-order valence-corrected chi connectivity index (χ4v) is 1.29. The van der Waals surface area contributed by atoms with Crippen molar-refractivity contribution in [3.63, 3.8) is 0 Å². The number of nitrogens with two attached hydrogens (primary N) is 1. The van der Waals surface area contributed by atoms with Gasteiger partial charge in [-0.15, -0.1) is 0 Å². The minimum atomic E-state index is -0.00861. The van der Waals surface area contributed by atoms with Crippen LogP contribution in [-0.2, 0) is 9.53 Å². The molecule has 0 unspecified atom stereocenters. The van der Waals surface area contributed by atoms with E-state index in [-0.39, 0.29) is 11.9 Å². The average Bonchev–Trinajstić information content (AvgIpc) is 2.19. The van der Waals surface area contributed by atoms with Crippen molar-refractivity contribution in [3.05, 3.63) is 11.8 Å². The number of carbonyl (C=O) groups excluding carboxylic acids is 1. The lowest BCUT2D eigenvalue weighted by Crippen LogP contribution is -2.43. The molecule has 0 saturated heterocycles. The molecule has 5 nitrogen and oxygen atoms in total. The molecule has 1 atom stereocenters. The van der Waals surface area contributed by atoms with Crippen LogP contribution in [0.1, 0.15) is 6.42 Å². The van der Waals surface area contributed by atoms with Crippen LogP contribution < -0.4 is 16.4 Å². The van der Waals surface area contributed by atoms with Crippen LogP contribution in [0.25, 0.3) is 0 Å². The molecule has 1 rings (SSSR count). The summed E-state index contributed by atoms with van der Waals surface area (Å²) >= 11 is 0. The highest BCUT2D eigenvalue weighted by Crippen LogP contribution is 2.08. The van der Waals surface area contributed by atoms with Gasteiger partial charge in [0.2, 0.25) is 5.91 Å². The summed E-state index contributed by atoms with van der Waals surface area (Å²) in [5.41, 5.74) is 5.41. The van der Waals surface area contributed by atoms with Gasteiger partial charge < -0.3 is 21.1 Å². The van der Waals surface area contributed by atoms with Crippen molar-refractivity contribution < 1.29 is 9.53 Å². The smallest absolute Gasteiger partial charge is 0.234 e. The first kappa shape index (κ1) is 11.0. The first-order valence-electron chi connectivity index (χ1n) is 4.72. The van der Waals surface area contributed by atoms with Crippen molar-refractivity contribution in [3.8, 4) is 0 Å². The molecule has 0 radical (unpaired) electrons. The summed E-state index contributed by atoms with van der Waals surface area (Å²) in [5.74, 6) is 0.801. The molecule has 0 fully saturated rings. The van der Waals surface area contributed by atoms with Crippen molar-refractivity contribution in [1.82, 2.24) is 10.6 Å². The standard InChI is InChI=1S/C9H17N3O2/c1-11-5-9(13)12-7-2-3-8(4-10)14-6-7/h3,7,11H,2,4-6,10H2,1H3,(H,12,13)/t7-/m1/s1. The Balaban J connectivity index is 2.29. The molecular formula is C9H17N3O2. The number of carbonyl (C=O) groups is 1. The Labute approximate surface area is 83.7 Å². The van der Waals surface area contributed by atoms with E-state index in [4.69, 9.17) is 10.5 Å². The molecule has 80 valence electrons. The number of amides is 1. The summed E-state index contributed by atoms with van der Waals surface area (Å²) in [5, 5.41) is 5.64. The fourth-order valence-electron chi connectivity index (χ4n) is 1.29. The molecule has 0 saturated carbocycles. The molecule has 0 spiro atoms. The maximum atomic E-state index is 11.2. The minimum Gasteiger partial charge on any atom is -0.495 e. The number of ether oxygens (including phenoxy) is 1. The number of nitrogens with one attached hydrogen (secondary N) is 2. The summed E-state index contributed by atoms with van der Waals surface area (Å²) in [6.07, 6.45) is 2.72. The number of rotatable bonds is 4. The average molecular weight is 199 g/mol. The molecule has 5 heteroatoms. The third kappa shape index (κ3) is 3.35. The number of likely N-dealkylation sites (N-methyl/N-ethyl adjacent to an activating group) is 1. The minimum absolute atomic E-state index is 0.00861. The van der Waals surface area contributed by atoms with Gasteiger partial charge >= 0.3 is 0 Å². The monoisotopic (exact) mass is 199 g/mol. The molecule has 0 bridgehead atoms. The van der Waals surface area contributed by atoms with E-state index < -0.39 is 0 Å². The highest BCUT2D eigenvalue weighted by atomic mass is 16.5. The second-order valence-corrected chi connectivity index (χ2v) is 3.22. The Morgan fingerprint density at radius 1 is 1.79 bits per heavy atom. The largest absolute Gasteiger partial charge is 0.495 e. The lowest BCUT2D eigenvalue weighted by atomic mass is 10.1. The van der Waals surface area contributed by atoms with Crippen molar-refractivity contribution >= 4 is 5.91 Å². The predicted octanol–water partition coefficient (Wildman–Crippen LogP) is -1.05. The van der Waals surface area contributed by atoms with Crippen LogP contribution in [0.5, 0.6) is 0 Å². The molecule has 0 aromatic heterocycles. The molecule has 0 aliphatic carbocycles. The zero-order chi connectivity index (χ0) is 10.4. The van der Waals surface area contributed by atoms with Gasteiger partial charge in [0.1, 0.15) is 12.4 Å². The van der Waals surface area contributed by atoms with Crippen LogP contribution in [-0.4, -0.2) is 38.7 Å². The first-order valence-corrected chi connectivity index (χ1v) is 4.72. The number of hydrogen-bond donors (Lipinski definition) is 3. The van der Waals surface area contributed by atoms with Crippen LogP contribution in [0.2, 0.25) is 0 Å². The molecule has 1 aliphatic rings. The van der Waals surface area contributed by atoms with Crippen LogP contribution in [0, 0.1) is 0 Å². The second kappa shape index (κ2) is 5.62. The Morgan fingerprint density at radius 3 is 3.07 bits per heavy atom. The normalized spacial score (nSPS) is 21.0. The van der Waals surface area contributed by atoms with Crippen LogP contribution in [0.3, 0.4) is 0 Å². The predicted molar refractivity (Wildman–Crippen MR) is 53.6 cm³/mol. The van der Waals surface area contributed by atoms with Crippen molar-refractivity contribution in [2.45, 2.75) is 12.5 Å². The van der Waals surface area contributed by atoms with E-state index in [9.17, 15) is 4.79 Å². The van der Waals surface area contributed by atoms with E-state index in [0.29, 0.717) is 19.7 Å². The second-order valence-electron chi connectivity index (χ2n) is 3.22. The third-order valence-corrected chi connectivity index (χ3v) is 2.00. The summed E-state index contributed by atoms with van der Waals surface area (Å²) in [6.45, 7) is 1.28. The molecule has 0 aromatic rings. The van der Waals surface area contributed by atoms with Crippen LogP contribution in [0.15, 0.2) is 11.8 Å². The zero-order valence-electron chi connectivity index (χ0n) is 8.38. The lowest BCUT2D eigenvalue weighted by Gasteiger charge is -2.23. The highest BCUT2D eigenvalue weighted by Gasteiger charge is 2.16. The van der Waals surface area contributed by atoms with E-state index in [0.717, 1.165) is 12.2 Å². The molecule has 0 aromatic carbocycles. The number of hydrogen-bond acceptors (Lipinski definition) is 4. The summed E-state index contributed by atoms with van der Waals surface area (Å²) in [6, 6.07) is 0.0751. The van der Waals surface area contributed by atoms with Gasteiger partial charge in [-0.25, -0.2) is 0 Å². The van der Waals surface area contributed by atoms with Gasteiger partial charge in [0.05, 0.1) is 19.1 Å². The fraction of sp³-hybridized carbons (Fsp3) is 0.667. The van der Waals surface area contributed by atoms with E-state index >= 15 is 0 Å². The van der Waals surface area contributed by atoms with E-state index in [1.807, 2.05) is 6.08 Å². The summed E-state index contributed by atoms with van der Waals surface area (Å²) < 4.78 is 5.32. The SMILES string of the molecule is CNCC(=O)N[C@@H]1CC=C(CN)OC1. The molecule has 1 amide bonds. The summed E-state index contributed by atoms with van der Waals surface area (Å²) in [4.78, 5) is 11.2. The van der Waals surface area contributed by atoms with Gasteiger partial charge in [-0.3, -0.25) is 4.79 Å². The molecule has 14 heavy (non-hydrogen) atoms. The Kier molecular flexibility index (Phi) is 4.42. The quantitative estimate of drug-likeness (QED) is 0.540. The zero-order valence-corrected chi connectivity index (χ0v) is 8.38. The van der Waals surface area contributed by atoms with Crippen molar-refractivity contribution in [1.29, 1.82) is 0 Å². The molecular weight excluding hydrogens is 182 g/mol. The Bertz CT molecular complexity index is 228. The van der Waals surface area contributed by atoms with Gasteiger partial charge in [0, 0.05) is 0 Å². The van der Waals surface area contributed by atoms with Gasteiger partial charge in [-0.1, -0.05) is 0 Å². The van der Waals surface area contributed by atoms with Crippen LogP contribution >= 0.6 is 0 Å². The van der Waals surface area contributed by atoms with Crippen molar-refractivity contribution in [2.24, 2.45) is 5.73 Å². The van der Waals surface area contributed by atoms with E-state index in [1.165, 1.54) is 0 Å². The first-order chi connectivity index (χ1) is 6.76. The van der Waals surface area contributed by atoms with Crippen molar-refractivity contribution in [2.75, 3.05) is 26.7 Å². The van der Waals surface area contributed by atoms with E-state index in [1.54, 1.807) is 7.05 Å². The topological polar surface area (TPSA) is 76.4 Å². The Hall–Kier alpha value is -1.07. The maximum absolute atomic E-state index is 11.2. The summed E-state index contributed by atoms with van der Waals surface area (Å²) in [7, 11) is 1.74. The van der Waals surface area contributed by atoms with E-state index in [2.05, 4.69) is 10.6 Å². The lowest BCUT2D eigenvalue weighted by molar-refractivity contribution is -0.121. The maximum Gasteiger partial charge on any atom is 0.234 e. The van der Waals surface area contributed by atoms with Gasteiger partial charge in [-0.05, 0) is 19.5 Å².